The molecule has 2 nitrogen and oxygen atoms in total. The summed E-state index contributed by atoms with van der Waals surface area (Å²) in [5, 5.41) is 8.88. The second kappa shape index (κ2) is 5.84. The highest BCUT2D eigenvalue weighted by Crippen LogP contribution is 2.26. The number of rotatable bonds is 6. The highest BCUT2D eigenvalue weighted by molar-refractivity contribution is 5.86. The minimum atomic E-state index is -0.851. The molecule has 0 saturated heterocycles. The van der Waals surface area contributed by atoms with Crippen molar-refractivity contribution < 1.29 is 9.90 Å². The molecule has 0 aromatic carbocycles. The Morgan fingerprint density at radius 3 is 1.71 bits per heavy atom. The lowest BCUT2D eigenvalue weighted by molar-refractivity contribution is -0.133. The van der Waals surface area contributed by atoms with Crippen LogP contribution in [0.15, 0.2) is 12.2 Å². The average molecular weight is 198 g/mol. The fraction of sp³-hybridized carbons (Fsp3) is 0.750. The maximum atomic E-state index is 10.8. The maximum absolute atomic E-state index is 10.8. The monoisotopic (exact) mass is 198 g/mol. The van der Waals surface area contributed by atoms with Crippen molar-refractivity contribution in [3.63, 3.8) is 0 Å². The average Bonchev–Trinajstić information content (AvgIpc) is 1.99. The maximum Gasteiger partial charge on any atom is 0.331 e. The molecule has 0 heterocycles. The van der Waals surface area contributed by atoms with E-state index in [1.807, 2.05) is 0 Å². The number of hydrogen-bond donors (Lipinski definition) is 1. The predicted molar refractivity (Wildman–Crippen MR) is 59.2 cm³/mol. The molecule has 0 aliphatic rings. The fourth-order valence-electron chi connectivity index (χ4n) is 1.69. The summed E-state index contributed by atoms with van der Waals surface area (Å²) >= 11 is 0. The van der Waals surface area contributed by atoms with Crippen LogP contribution in [0.3, 0.4) is 0 Å². The van der Waals surface area contributed by atoms with Gasteiger partial charge < -0.3 is 5.11 Å². The van der Waals surface area contributed by atoms with Crippen LogP contribution in [0.25, 0.3) is 0 Å². The SMILES string of the molecule is C=C(C(=O)O)C(CC(C)C)CC(C)C. The normalized spacial score (nSPS) is 11.4. The van der Waals surface area contributed by atoms with Crippen molar-refractivity contribution in [1.29, 1.82) is 0 Å². The minimum absolute atomic E-state index is 0.132. The summed E-state index contributed by atoms with van der Waals surface area (Å²) in [7, 11) is 0. The van der Waals surface area contributed by atoms with Gasteiger partial charge in [-0.05, 0) is 30.6 Å². The predicted octanol–water partition coefficient (Wildman–Crippen LogP) is 3.34. The Morgan fingerprint density at radius 1 is 1.14 bits per heavy atom. The Labute approximate surface area is 87.0 Å². The van der Waals surface area contributed by atoms with Gasteiger partial charge in [0, 0.05) is 5.57 Å². The zero-order chi connectivity index (χ0) is 11.3. The van der Waals surface area contributed by atoms with Crippen LogP contribution in [0.2, 0.25) is 0 Å². The van der Waals surface area contributed by atoms with Gasteiger partial charge in [0.25, 0.3) is 0 Å². The first-order valence-corrected chi connectivity index (χ1v) is 5.26. The van der Waals surface area contributed by atoms with Crippen molar-refractivity contribution in [1.82, 2.24) is 0 Å². The van der Waals surface area contributed by atoms with E-state index in [0.29, 0.717) is 17.4 Å². The zero-order valence-corrected chi connectivity index (χ0v) is 9.71. The molecule has 2 heteroatoms. The van der Waals surface area contributed by atoms with E-state index < -0.39 is 5.97 Å². The van der Waals surface area contributed by atoms with Crippen LogP contribution >= 0.6 is 0 Å². The van der Waals surface area contributed by atoms with Crippen LogP contribution in [0, 0.1) is 17.8 Å². The first-order chi connectivity index (χ1) is 6.34. The summed E-state index contributed by atoms with van der Waals surface area (Å²) < 4.78 is 0. The molecule has 0 saturated carbocycles. The molecule has 0 unspecified atom stereocenters. The van der Waals surface area contributed by atoms with Crippen LogP contribution in [0.4, 0.5) is 0 Å². The lowest BCUT2D eigenvalue weighted by Gasteiger charge is -2.20. The van der Waals surface area contributed by atoms with Gasteiger partial charge in [0.2, 0.25) is 0 Å². The molecule has 82 valence electrons. The van der Waals surface area contributed by atoms with E-state index in [-0.39, 0.29) is 5.92 Å². The number of carbonyl (C=O) groups is 1. The van der Waals surface area contributed by atoms with Crippen molar-refractivity contribution in [2.75, 3.05) is 0 Å². The van der Waals surface area contributed by atoms with Crippen molar-refractivity contribution in [2.24, 2.45) is 17.8 Å². The molecule has 0 aliphatic heterocycles. The number of carboxylic acids is 1. The van der Waals surface area contributed by atoms with Crippen LogP contribution in [-0.2, 0) is 4.79 Å². The molecule has 0 fully saturated rings. The second-order valence-corrected chi connectivity index (χ2v) is 4.79. The van der Waals surface area contributed by atoms with E-state index in [9.17, 15) is 4.79 Å². The van der Waals surface area contributed by atoms with Crippen molar-refractivity contribution >= 4 is 5.97 Å². The van der Waals surface area contributed by atoms with Crippen LogP contribution in [-0.4, -0.2) is 11.1 Å². The van der Waals surface area contributed by atoms with Crippen LogP contribution in [0.5, 0.6) is 0 Å². The van der Waals surface area contributed by atoms with Gasteiger partial charge >= 0.3 is 5.97 Å². The summed E-state index contributed by atoms with van der Waals surface area (Å²) in [5.41, 5.74) is 0.368. The molecule has 0 atom stereocenters. The molecular weight excluding hydrogens is 176 g/mol. The van der Waals surface area contributed by atoms with Gasteiger partial charge in [-0.15, -0.1) is 0 Å². The summed E-state index contributed by atoms with van der Waals surface area (Å²) in [5.74, 6) is 0.327. The third-order valence-corrected chi connectivity index (χ3v) is 2.28. The van der Waals surface area contributed by atoms with Gasteiger partial charge in [-0.25, -0.2) is 4.79 Å². The van der Waals surface area contributed by atoms with Gasteiger partial charge in [-0.2, -0.15) is 0 Å². The topological polar surface area (TPSA) is 37.3 Å². The third kappa shape index (κ3) is 5.05. The number of carboxylic acid groups (broad SMARTS) is 1. The number of aliphatic carboxylic acids is 1. The molecule has 0 bridgehead atoms. The molecule has 0 amide bonds. The Morgan fingerprint density at radius 2 is 1.50 bits per heavy atom. The van der Waals surface area contributed by atoms with E-state index >= 15 is 0 Å². The van der Waals surface area contributed by atoms with Crippen molar-refractivity contribution in [2.45, 2.75) is 40.5 Å². The lowest BCUT2D eigenvalue weighted by atomic mass is 9.84. The van der Waals surface area contributed by atoms with E-state index in [1.54, 1.807) is 0 Å². The Kier molecular flexibility index (Phi) is 5.51. The molecule has 0 radical (unpaired) electrons. The molecular formula is C12H22O2. The lowest BCUT2D eigenvalue weighted by Crippen LogP contribution is -2.16. The summed E-state index contributed by atoms with van der Waals surface area (Å²) in [6.07, 6.45) is 1.84. The van der Waals surface area contributed by atoms with Crippen molar-refractivity contribution in [3.05, 3.63) is 12.2 Å². The molecule has 0 aromatic heterocycles. The van der Waals surface area contributed by atoms with Gasteiger partial charge in [-0.3, -0.25) is 0 Å². The van der Waals surface area contributed by atoms with Gasteiger partial charge in [0.15, 0.2) is 0 Å². The molecule has 0 aromatic rings. The fourth-order valence-corrected chi connectivity index (χ4v) is 1.69. The Balaban J connectivity index is 4.38. The van der Waals surface area contributed by atoms with E-state index in [4.69, 9.17) is 5.11 Å². The van der Waals surface area contributed by atoms with Gasteiger partial charge in [-0.1, -0.05) is 34.3 Å². The van der Waals surface area contributed by atoms with Crippen LogP contribution < -0.4 is 0 Å². The first kappa shape index (κ1) is 13.2. The molecule has 1 N–H and O–H groups in total. The van der Waals surface area contributed by atoms with Gasteiger partial charge in [0.1, 0.15) is 0 Å². The summed E-state index contributed by atoms with van der Waals surface area (Å²) in [4.78, 5) is 10.8. The zero-order valence-electron chi connectivity index (χ0n) is 9.71. The first-order valence-electron chi connectivity index (χ1n) is 5.26. The van der Waals surface area contributed by atoms with Crippen LogP contribution in [0.1, 0.15) is 40.5 Å². The second-order valence-electron chi connectivity index (χ2n) is 4.79. The van der Waals surface area contributed by atoms with E-state index in [0.717, 1.165) is 12.8 Å². The van der Waals surface area contributed by atoms with E-state index in [1.165, 1.54) is 0 Å². The smallest absolute Gasteiger partial charge is 0.331 e. The van der Waals surface area contributed by atoms with Gasteiger partial charge in [0.05, 0.1) is 0 Å². The molecule has 0 aliphatic carbocycles. The quantitative estimate of drug-likeness (QED) is 0.665. The largest absolute Gasteiger partial charge is 0.478 e. The molecule has 0 spiro atoms. The Hall–Kier alpha value is -0.790. The molecule has 0 rings (SSSR count). The summed E-state index contributed by atoms with van der Waals surface area (Å²) in [6.45, 7) is 12.1. The number of hydrogen-bond acceptors (Lipinski definition) is 1. The third-order valence-electron chi connectivity index (χ3n) is 2.28. The highest BCUT2D eigenvalue weighted by Gasteiger charge is 2.20. The highest BCUT2D eigenvalue weighted by atomic mass is 16.4. The molecule has 14 heavy (non-hydrogen) atoms. The minimum Gasteiger partial charge on any atom is -0.478 e. The standard InChI is InChI=1S/C12H22O2/c1-8(2)6-11(7-9(3)4)10(5)12(13)14/h8-9,11H,5-7H2,1-4H3,(H,13,14). The van der Waals surface area contributed by atoms with Crippen molar-refractivity contribution in [3.8, 4) is 0 Å². The van der Waals surface area contributed by atoms with E-state index in [2.05, 4.69) is 34.3 Å². The Bertz CT molecular complexity index is 194. The summed E-state index contributed by atoms with van der Waals surface area (Å²) in [6, 6.07) is 0.